The Morgan fingerprint density at radius 1 is 0.966 bits per heavy atom. The Kier molecular flexibility index (Phi) is 5.52. The molecular weight excluding hydrogens is 403 g/mol. The van der Waals surface area contributed by atoms with Gasteiger partial charge in [0, 0.05) is 22.5 Å². The van der Waals surface area contributed by atoms with Gasteiger partial charge in [-0.1, -0.05) is 71.2 Å². The molecule has 0 fully saturated rings. The Morgan fingerprint density at radius 3 is 2.48 bits per heavy atom. The largest absolute Gasteiger partial charge is 0.348 e. The Morgan fingerprint density at radius 2 is 1.72 bits per heavy atom. The summed E-state index contributed by atoms with van der Waals surface area (Å²) in [6, 6.07) is 22.7. The Bertz CT molecular complexity index is 1200. The van der Waals surface area contributed by atoms with Crippen LogP contribution in [0.5, 0.6) is 0 Å². The van der Waals surface area contributed by atoms with Crippen LogP contribution in [0.2, 0.25) is 10.0 Å². The van der Waals surface area contributed by atoms with Gasteiger partial charge in [-0.2, -0.15) is 0 Å². The zero-order valence-electron chi connectivity index (χ0n) is 15.7. The summed E-state index contributed by atoms with van der Waals surface area (Å²) < 4.78 is 0. The quantitative estimate of drug-likeness (QED) is 0.412. The first-order valence-electron chi connectivity index (χ1n) is 9.20. The third kappa shape index (κ3) is 4.26. The minimum Gasteiger partial charge on any atom is -0.348 e. The molecule has 0 aliphatic rings. The predicted octanol–water partition coefficient (Wildman–Crippen LogP) is 6.45. The highest BCUT2D eigenvalue weighted by Crippen LogP contribution is 2.31. The molecule has 4 rings (SSSR count). The fourth-order valence-corrected chi connectivity index (χ4v) is 3.69. The minimum atomic E-state index is -0.157. The molecule has 0 unspecified atom stereocenters. The minimum absolute atomic E-state index is 0.157. The van der Waals surface area contributed by atoms with Crippen LogP contribution < -0.4 is 5.32 Å². The number of para-hydroxylation sites is 1. The number of rotatable bonds is 4. The summed E-state index contributed by atoms with van der Waals surface area (Å²) in [4.78, 5) is 17.7. The fourth-order valence-electron chi connectivity index (χ4n) is 3.18. The Hall–Kier alpha value is -2.88. The van der Waals surface area contributed by atoms with Gasteiger partial charge < -0.3 is 5.32 Å². The molecule has 0 aliphatic carbocycles. The van der Waals surface area contributed by atoms with Crippen LogP contribution in [0.25, 0.3) is 22.2 Å². The van der Waals surface area contributed by atoms with Crippen LogP contribution in [0.15, 0.2) is 72.8 Å². The van der Waals surface area contributed by atoms with Crippen LogP contribution in [-0.4, -0.2) is 10.9 Å². The molecule has 1 aromatic heterocycles. The molecule has 3 nitrogen and oxygen atoms in total. The highest BCUT2D eigenvalue weighted by atomic mass is 35.5. The standard InChI is InChI=1S/C24H18Cl2N2O/c1-15-6-8-16(9-7-15)14-27-24(29)20-13-23(19-11-10-17(25)12-21(19)26)28-22-5-3-2-4-18(20)22/h2-13H,14H2,1H3,(H,27,29). The molecule has 4 aromatic rings. The van der Waals surface area contributed by atoms with Crippen molar-refractivity contribution in [1.29, 1.82) is 0 Å². The summed E-state index contributed by atoms with van der Waals surface area (Å²) in [5, 5.41) is 4.85. The fraction of sp³-hybridized carbons (Fsp3) is 0.0833. The van der Waals surface area contributed by atoms with Gasteiger partial charge in [0.2, 0.25) is 0 Å². The normalized spacial score (nSPS) is 10.9. The van der Waals surface area contributed by atoms with E-state index in [0.29, 0.717) is 27.8 Å². The zero-order valence-corrected chi connectivity index (χ0v) is 17.3. The summed E-state index contributed by atoms with van der Waals surface area (Å²) in [6.45, 7) is 2.49. The first kappa shape index (κ1) is 19.4. The van der Waals surface area contributed by atoms with Crippen molar-refractivity contribution < 1.29 is 4.79 Å². The summed E-state index contributed by atoms with van der Waals surface area (Å²) >= 11 is 12.4. The number of hydrogen-bond acceptors (Lipinski definition) is 2. The van der Waals surface area contributed by atoms with E-state index in [-0.39, 0.29) is 5.91 Å². The topological polar surface area (TPSA) is 42.0 Å². The van der Waals surface area contributed by atoms with Crippen molar-refractivity contribution in [3.63, 3.8) is 0 Å². The zero-order chi connectivity index (χ0) is 20.4. The maximum Gasteiger partial charge on any atom is 0.252 e. The average molecular weight is 421 g/mol. The highest BCUT2D eigenvalue weighted by molar-refractivity contribution is 6.36. The van der Waals surface area contributed by atoms with Crippen LogP contribution in [-0.2, 0) is 6.54 Å². The lowest BCUT2D eigenvalue weighted by Crippen LogP contribution is -2.23. The van der Waals surface area contributed by atoms with E-state index in [1.165, 1.54) is 5.56 Å². The molecule has 0 bridgehead atoms. The summed E-state index contributed by atoms with van der Waals surface area (Å²) in [5.74, 6) is -0.157. The second-order valence-electron chi connectivity index (χ2n) is 6.86. The monoisotopic (exact) mass is 420 g/mol. The van der Waals surface area contributed by atoms with Crippen molar-refractivity contribution >= 4 is 40.0 Å². The van der Waals surface area contributed by atoms with Gasteiger partial charge in [0.25, 0.3) is 5.91 Å². The summed E-state index contributed by atoms with van der Waals surface area (Å²) in [5.41, 5.74) is 4.88. The predicted molar refractivity (Wildman–Crippen MR) is 120 cm³/mol. The Labute approximate surface area is 179 Å². The van der Waals surface area contributed by atoms with Crippen molar-refractivity contribution in [3.8, 4) is 11.3 Å². The van der Waals surface area contributed by atoms with Crippen LogP contribution in [0, 0.1) is 6.92 Å². The average Bonchev–Trinajstić information content (AvgIpc) is 2.72. The van der Waals surface area contributed by atoms with E-state index in [2.05, 4.69) is 5.32 Å². The number of benzene rings is 3. The summed E-state index contributed by atoms with van der Waals surface area (Å²) in [6.07, 6.45) is 0. The summed E-state index contributed by atoms with van der Waals surface area (Å²) in [7, 11) is 0. The molecule has 0 spiro atoms. The number of carbonyl (C=O) groups excluding carboxylic acids is 1. The van der Waals surface area contributed by atoms with Crippen molar-refractivity contribution in [2.24, 2.45) is 0 Å². The van der Waals surface area contributed by atoms with Crippen molar-refractivity contribution in [2.45, 2.75) is 13.5 Å². The molecule has 29 heavy (non-hydrogen) atoms. The van der Waals surface area contributed by atoms with Gasteiger partial charge >= 0.3 is 0 Å². The van der Waals surface area contributed by atoms with Gasteiger partial charge in [-0.15, -0.1) is 0 Å². The van der Waals surface area contributed by atoms with E-state index < -0.39 is 0 Å². The van der Waals surface area contributed by atoms with E-state index in [0.717, 1.165) is 22.0 Å². The molecule has 0 atom stereocenters. The van der Waals surface area contributed by atoms with Gasteiger partial charge in [0.05, 0.1) is 21.8 Å². The molecule has 0 radical (unpaired) electrons. The lowest BCUT2D eigenvalue weighted by atomic mass is 10.0. The number of pyridine rings is 1. The molecule has 0 saturated carbocycles. The molecule has 5 heteroatoms. The molecule has 1 heterocycles. The smallest absolute Gasteiger partial charge is 0.252 e. The molecule has 0 aliphatic heterocycles. The number of nitrogens with one attached hydrogen (secondary N) is 1. The second kappa shape index (κ2) is 8.24. The lowest BCUT2D eigenvalue weighted by Gasteiger charge is -2.12. The number of amides is 1. The van der Waals surface area contributed by atoms with E-state index in [4.69, 9.17) is 28.2 Å². The second-order valence-corrected chi connectivity index (χ2v) is 7.71. The first-order valence-corrected chi connectivity index (χ1v) is 9.96. The van der Waals surface area contributed by atoms with E-state index in [1.54, 1.807) is 18.2 Å². The number of hydrogen-bond donors (Lipinski definition) is 1. The molecule has 144 valence electrons. The van der Waals surface area contributed by atoms with Crippen LogP contribution in [0.4, 0.5) is 0 Å². The molecule has 3 aromatic carbocycles. The first-order chi connectivity index (χ1) is 14.0. The van der Waals surface area contributed by atoms with Crippen molar-refractivity contribution in [2.75, 3.05) is 0 Å². The maximum absolute atomic E-state index is 13.0. The highest BCUT2D eigenvalue weighted by Gasteiger charge is 2.15. The van der Waals surface area contributed by atoms with Crippen molar-refractivity contribution in [3.05, 3.63) is 99.5 Å². The number of nitrogens with zero attached hydrogens (tertiary/aromatic N) is 1. The van der Waals surface area contributed by atoms with Crippen LogP contribution in [0.1, 0.15) is 21.5 Å². The molecule has 1 amide bonds. The SMILES string of the molecule is Cc1ccc(CNC(=O)c2cc(-c3ccc(Cl)cc3Cl)nc3ccccc23)cc1. The van der Waals surface area contributed by atoms with Gasteiger partial charge in [0.15, 0.2) is 0 Å². The number of aromatic nitrogens is 1. The van der Waals surface area contributed by atoms with Gasteiger partial charge in [-0.05, 0) is 42.8 Å². The number of aryl methyl sites for hydroxylation is 1. The number of fused-ring (bicyclic) bond motifs is 1. The van der Waals surface area contributed by atoms with Crippen molar-refractivity contribution in [1.82, 2.24) is 10.3 Å². The van der Waals surface area contributed by atoms with E-state index in [9.17, 15) is 4.79 Å². The Balaban J connectivity index is 1.72. The van der Waals surface area contributed by atoms with E-state index >= 15 is 0 Å². The van der Waals surface area contributed by atoms with Gasteiger partial charge in [-0.25, -0.2) is 4.98 Å². The number of halogens is 2. The van der Waals surface area contributed by atoms with Crippen LogP contribution >= 0.6 is 23.2 Å². The van der Waals surface area contributed by atoms with Gasteiger partial charge in [-0.3, -0.25) is 4.79 Å². The maximum atomic E-state index is 13.0. The van der Waals surface area contributed by atoms with Crippen LogP contribution in [0.3, 0.4) is 0 Å². The van der Waals surface area contributed by atoms with Gasteiger partial charge in [0.1, 0.15) is 0 Å². The molecule has 0 saturated heterocycles. The number of carbonyl (C=O) groups is 1. The third-order valence-corrected chi connectivity index (χ3v) is 5.29. The third-order valence-electron chi connectivity index (χ3n) is 4.74. The van der Waals surface area contributed by atoms with E-state index in [1.807, 2.05) is 61.5 Å². The molecular formula is C24H18Cl2N2O. The lowest BCUT2D eigenvalue weighted by molar-refractivity contribution is 0.0952. The molecule has 1 N–H and O–H groups in total.